The van der Waals surface area contributed by atoms with E-state index in [4.69, 9.17) is 11.6 Å². The topological polar surface area (TPSA) is 107 Å². The lowest BCUT2D eigenvalue weighted by atomic mass is 9.99. The summed E-state index contributed by atoms with van der Waals surface area (Å²) in [6, 6.07) is 27.8. The summed E-state index contributed by atoms with van der Waals surface area (Å²) in [7, 11) is -3.67. The molecule has 0 aliphatic carbocycles. The molecule has 0 aromatic heterocycles. The van der Waals surface area contributed by atoms with Crippen LogP contribution in [0.2, 0.25) is 5.02 Å². The zero-order valence-corrected chi connectivity index (χ0v) is 25.2. The predicted octanol–water partition coefficient (Wildman–Crippen LogP) is 5.82. The van der Waals surface area contributed by atoms with Gasteiger partial charge in [-0.2, -0.15) is 4.31 Å². The number of carbonyl (C=O) groups is 2. The molecule has 0 radical (unpaired) electrons. The zero-order chi connectivity index (χ0) is 30.6. The number of amides is 2. The van der Waals surface area contributed by atoms with Crippen molar-refractivity contribution in [3.8, 4) is 11.1 Å². The second-order valence-corrected chi connectivity index (χ2v) is 12.8. The molecule has 0 bridgehead atoms. The molecule has 4 aromatic carbocycles. The number of nitrogens with one attached hydrogen (secondary N) is 1. The van der Waals surface area contributed by atoms with Crippen LogP contribution in [0.15, 0.2) is 97.1 Å². The van der Waals surface area contributed by atoms with Crippen LogP contribution in [-0.4, -0.2) is 54.6 Å². The van der Waals surface area contributed by atoms with Crippen molar-refractivity contribution in [3.05, 3.63) is 119 Å². The highest BCUT2D eigenvalue weighted by atomic mass is 35.5. The summed E-state index contributed by atoms with van der Waals surface area (Å²) in [5.41, 5.74) is 3.97. The van der Waals surface area contributed by atoms with Gasteiger partial charge in [0.15, 0.2) is 0 Å². The number of sulfonamides is 1. The van der Waals surface area contributed by atoms with Crippen molar-refractivity contribution in [3.63, 3.8) is 0 Å². The minimum atomic E-state index is -3.67. The lowest BCUT2D eigenvalue weighted by molar-refractivity contribution is 0.0975. The Morgan fingerprint density at radius 1 is 0.930 bits per heavy atom. The molecule has 4 aromatic rings. The van der Waals surface area contributed by atoms with E-state index in [1.807, 2.05) is 42.5 Å². The molecule has 2 N–H and O–H groups in total. The van der Waals surface area contributed by atoms with Gasteiger partial charge in [-0.25, -0.2) is 8.42 Å². The van der Waals surface area contributed by atoms with Gasteiger partial charge in [0, 0.05) is 30.0 Å². The normalized spacial score (nSPS) is 15.4. The van der Waals surface area contributed by atoms with E-state index >= 15 is 0 Å². The van der Waals surface area contributed by atoms with Gasteiger partial charge in [-0.3, -0.25) is 9.59 Å². The number of halogens is 1. The first kappa shape index (κ1) is 30.4. The van der Waals surface area contributed by atoms with E-state index in [9.17, 15) is 23.1 Å². The number of anilines is 2. The van der Waals surface area contributed by atoms with Gasteiger partial charge in [0.05, 0.1) is 29.0 Å². The van der Waals surface area contributed by atoms with Crippen LogP contribution in [-0.2, 0) is 16.6 Å². The van der Waals surface area contributed by atoms with Crippen LogP contribution < -0.4 is 10.2 Å². The standard InChI is InChI=1S/C33H32ClN3O5S/c1-2-18-43(41,42)37-20-24-12-6-9-15-31(24)36(21-26(37)22-38)33(40)29-17-16-25(19-30(29)34)35-32(39)28-14-8-7-13-27(28)23-10-4-3-5-11-23/h3-17,19,26,38H,2,18,20-22H2,1H3,(H,35,39)/t26-/m0/s1. The van der Waals surface area contributed by atoms with Gasteiger partial charge in [-0.1, -0.05) is 85.3 Å². The van der Waals surface area contributed by atoms with Gasteiger partial charge in [-0.05, 0) is 53.4 Å². The third-order valence-electron chi connectivity index (χ3n) is 7.40. The number of fused-ring (bicyclic) bond motifs is 1. The van der Waals surface area contributed by atoms with Crippen LogP contribution >= 0.6 is 11.6 Å². The fraction of sp³-hybridized carbons (Fsp3) is 0.212. The lowest BCUT2D eigenvalue weighted by Gasteiger charge is -2.30. The summed E-state index contributed by atoms with van der Waals surface area (Å²) in [5.74, 6) is -0.831. The van der Waals surface area contributed by atoms with Crippen LogP contribution in [0.4, 0.5) is 11.4 Å². The zero-order valence-electron chi connectivity index (χ0n) is 23.6. The fourth-order valence-electron chi connectivity index (χ4n) is 5.31. The maximum absolute atomic E-state index is 13.9. The molecular weight excluding hydrogens is 586 g/mol. The van der Waals surface area contributed by atoms with E-state index in [2.05, 4.69) is 5.32 Å². The van der Waals surface area contributed by atoms with Gasteiger partial charge in [0.2, 0.25) is 10.0 Å². The van der Waals surface area contributed by atoms with Crippen molar-refractivity contribution in [1.29, 1.82) is 0 Å². The smallest absolute Gasteiger partial charge is 0.259 e. The van der Waals surface area contributed by atoms with E-state index < -0.39 is 28.6 Å². The Kier molecular flexibility index (Phi) is 9.27. The molecule has 1 aliphatic rings. The van der Waals surface area contributed by atoms with E-state index in [0.717, 1.165) is 11.1 Å². The molecule has 1 heterocycles. The summed E-state index contributed by atoms with van der Waals surface area (Å²) >= 11 is 6.63. The van der Waals surface area contributed by atoms with Crippen molar-refractivity contribution < 1.29 is 23.1 Å². The maximum Gasteiger partial charge on any atom is 0.259 e. The minimum absolute atomic E-state index is 0.0384. The molecular formula is C33H32ClN3O5S. The molecule has 43 heavy (non-hydrogen) atoms. The molecule has 10 heteroatoms. The van der Waals surface area contributed by atoms with Crippen LogP contribution in [0.1, 0.15) is 39.6 Å². The fourth-order valence-corrected chi connectivity index (χ4v) is 7.24. The number of hydrogen-bond donors (Lipinski definition) is 2. The number of hydrogen-bond acceptors (Lipinski definition) is 5. The quantitative estimate of drug-likeness (QED) is 0.259. The molecule has 5 rings (SSSR count). The van der Waals surface area contributed by atoms with Gasteiger partial charge < -0.3 is 15.3 Å². The number of aliphatic hydroxyl groups excluding tert-OH is 1. The van der Waals surface area contributed by atoms with E-state index in [0.29, 0.717) is 28.9 Å². The molecule has 8 nitrogen and oxygen atoms in total. The third-order valence-corrected chi connectivity index (χ3v) is 9.78. The monoisotopic (exact) mass is 617 g/mol. The first-order valence-electron chi connectivity index (χ1n) is 14.0. The number of benzene rings is 4. The predicted molar refractivity (Wildman–Crippen MR) is 170 cm³/mol. The van der Waals surface area contributed by atoms with Gasteiger partial charge in [0.1, 0.15) is 0 Å². The Labute approximate surface area is 256 Å². The number of nitrogens with zero attached hydrogens (tertiary/aromatic N) is 2. The van der Waals surface area contributed by atoms with Crippen molar-refractivity contribution in [1.82, 2.24) is 4.31 Å². The first-order chi connectivity index (χ1) is 20.7. The van der Waals surface area contributed by atoms with Gasteiger partial charge >= 0.3 is 0 Å². The van der Waals surface area contributed by atoms with E-state index in [1.165, 1.54) is 21.3 Å². The second-order valence-electron chi connectivity index (χ2n) is 10.3. The summed E-state index contributed by atoms with van der Waals surface area (Å²) in [5, 5.41) is 13.2. The lowest BCUT2D eigenvalue weighted by Crippen LogP contribution is -2.48. The van der Waals surface area contributed by atoms with Crippen molar-refractivity contribution in [2.75, 3.05) is 29.1 Å². The molecule has 1 aliphatic heterocycles. The number of carbonyl (C=O) groups excluding carboxylic acids is 2. The summed E-state index contributed by atoms with van der Waals surface area (Å²) < 4.78 is 27.5. The maximum atomic E-state index is 13.9. The molecule has 0 saturated carbocycles. The molecule has 222 valence electrons. The average Bonchev–Trinajstić information content (AvgIpc) is 3.19. The SMILES string of the molecule is CCCS(=O)(=O)N1Cc2ccccc2N(C(=O)c2ccc(NC(=O)c3ccccc3-c3ccccc3)cc2Cl)C[C@H]1CO. The Hall–Kier alpha value is -4.02. The van der Waals surface area contributed by atoms with Crippen LogP contribution in [0.5, 0.6) is 0 Å². The highest BCUT2D eigenvalue weighted by Crippen LogP contribution is 2.32. The molecule has 0 spiro atoms. The molecule has 1 atom stereocenters. The molecule has 0 fully saturated rings. The molecule has 0 saturated heterocycles. The van der Waals surface area contributed by atoms with Crippen molar-refractivity contribution >= 4 is 44.8 Å². The van der Waals surface area contributed by atoms with Crippen LogP contribution in [0, 0.1) is 0 Å². The van der Waals surface area contributed by atoms with Gasteiger partial charge in [0.25, 0.3) is 11.8 Å². The number of aliphatic hydroxyl groups is 1. The summed E-state index contributed by atoms with van der Waals surface area (Å²) in [6.07, 6.45) is 0.428. The number of rotatable bonds is 8. The van der Waals surface area contributed by atoms with Crippen LogP contribution in [0.25, 0.3) is 11.1 Å². The Bertz CT molecular complexity index is 1750. The Morgan fingerprint density at radius 2 is 1.63 bits per heavy atom. The Balaban J connectivity index is 1.42. The number of para-hydroxylation sites is 1. The highest BCUT2D eigenvalue weighted by molar-refractivity contribution is 7.89. The Morgan fingerprint density at radius 3 is 2.35 bits per heavy atom. The highest BCUT2D eigenvalue weighted by Gasteiger charge is 2.37. The average molecular weight is 618 g/mol. The van der Waals surface area contributed by atoms with Gasteiger partial charge in [-0.15, -0.1) is 0 Å². The third kappa shape index (κ3) is 6.50. The minimum Gasteiger partial charge on any atom is -0.395 e. The van der Waals surface area contributed by atoms with E-state index in [-0.39, 0.29) is 35.3 Å². The second kappa shape index (κ2) is 13.1. The first-order valence-corrected chi connectivity index (χ1v) is 16.0. The van der Waals surface area contributed by atoms with Crippen molar-refractivity contribution in [2.45, 2.75) is 25.9 Å². The van der Waals surface area contributed by atoms with E-state index in [1.54, 1.807) is 49.4 Å². The van der Waals surface area contributed by atoms with Crippen LogP contribution in [0.3, 0.4) is 0 Å². The summed E-state index contributed by atoms with van der Waals surface area (Å²) in [4.78, 5) is 28.7. The molecule has 0 unspecified atom stereocenters. The summed E-state index contributed by atoms with van der Waals surface area (Å²) in [6.45, 7) is 1.31. The van der Waals surface area contributed by atoms with Crippen molar-refractivity contribution in [2.24, 2.45) is 0 Å². The largest absolute Gasteiger partial charge is 0.395 e. The molecule has 2 amide bonds.